The van der Waals surface area contributed by atoms with Crippen LogP contribution >= 0.6 is 0 Å². The first-order chi connectivity index (χ1) is 13.5. The van der Waals surface area contributed by atoms with Crippen LogP contribution in [0, 0.1) is 10.1 Å². The molecule has 0 saturated carbocycles. The van der Waals surface area contributed by atoms with Crippen molar-refractivity contribution in [2.75, 3.05) is 7.11 Å². The molecule has 0 radical (unpaired) electrons. The summed E-state index contributed by atoms with van der Waals surface area (Å²) < 4.78 is 44.4. The summed E-state index contributed by atoms with van der Waals surface area (Å²) in [5.41, 5.74) is 3.30. The van der Waals surface area contributed by atoms with Crippen LogP contribution in [0.2, 0.25) is 0 Å². The fourth-order valence-corrected chi connectivity index (χ4v) is 2.65. The maximum atomic E-state index is 13.1. The Balaban J connectivity index is 2.33. The molecule has 0 saturated heterocycles. The third kappa shape index (κ3) is 5.21. The Morgan fingerprint density at radius 3 is 2.45 bits per heavy atom. The van der Waals surface area contributed by atoms with Gasteiger partial charge in [-0.2, -0.15) is 13.2 Å². The van der Waals surface area contributed by atoms with Crippen LogP contribution in [-0.4, -0.2) is 29.9 Å². The first kappa shape index (κ1) is 21.7. The zero-order valence-electron chi connectivity index (χ0n) is 15.0. The molecule has 2 aromatic rings. The Labute approximate surface area is 162 Å². The number of nitrogens with zero attached hydrogens (tertiary/aromatic N) is 1. The first-order valence-electron chi connectivity index (χ1n) is 8.12. The van der Waals surface area contributed by atoms with E-state index in [0.29, 0.717) is 0 Å². The molecule has 0 bridgehead atoms. The lowest BCUT2D eigenvalue weighted by molar-refractivity contribution is -0.384. The minimum absolute atomic E-state index is 0.176. The molecular weight excluding hydrogens is 395 g/mol. The van der Waals surface area contributed by atoms with Gasteiger partial charge >= 0.3 is 6.18 Å². The quantitative estimate of drug-likeness (QED) is 0.535. The molecule has 0 aliphatic carbocycles. The monoisotopic (exact) mass is 411 g/mol. The third-order valence-electron chi connectivity index (χ3n) is 4.02. The molecule has 29 heavy (non-hydrogen) atoms. The predicted octanol–water partition coefficient (Wildman–Crippen LogP) is 2.45. The highest BCUT2D eigenvalue weighted by Crippen LogP contribution is 2.32. The van der Waals surface area contributed by atoms with Gasteiger partial charge in [0.05, 0.1) is 23.2 Å². The normalized spacial score (nSPS) is 12.1. The lowest BCUT2D eigenvalue weighted by atomic mass is 10.0. The summed E-state index contributed by atoms with van der Waals surface area (Å²) in [6, 6.07) is 6.24. The summed E-state index contributed by atoms with van der Waals surface area (Å²) in [6.07, 6.45) is -5.10. The van der Waals surface area contributed by atoms with Crippen molar-refractivity contribution in [3.05, 3.63) is 69.3 Å². The average Bonchev–Trinajstić information content (AvgIpc) is 2.66. The maximum Gasteiger partial charge on any atom is 0.417 e. The second-order valence-corrected chi connectivity index (χ2v) is 5.93. The standard InChI is InChI=1S/C18H16F3N3O5/c1-29-15-7-6-11(24(27)28)8-10(15)9-14(16(22)25)23-17(26)12-4-2-3-5-13(12)18(19,20)21/h2-8,14H,9H2,1H3,(H2,22,25)(H,23,26)/t14-/m0/s1. The molecule has 1 atom stereocenters. The fraction of sp³-hybridized carbons (Fsp3) is 0.222. The van der Waals surface area contributed by atoms with Crippen LogP contribution in [-0.2, 0) is 17.4 Å². The van der Waals surface area contributed by atoms with E-state index < -0.39 is 40.1 Å². The number of benzene rings is 2. The summed E-state index contributed by atoms with van der Waals surface area (Å²) in [6.45, 7) is 0. The Hall–Kier alpha value is -3.63. The van der Waals surface area contributed by atoms with Gasteiger partial charge in [-0.15, -0.1) is 0 Å². The van der Waals surface area contributed by atoms with E-state index >= 15 is 0 Å². The molecule has 0 aliphatic rings. The summed E-state index contributed by atoms with van der Waals surface area (Å²) in [4.78, 5) is 34.5. The van der Waals surface area contributed by atoms with Crippen molar-refractivity contribution >= 4 is 17.5 Å². The fourth-order valence-electron chi connectivity index (χ4n) is 2.65. The molecule has 3 N–H and O–H groups in total. The van der Waals surface area contributed by atoms with Crippen molar-refractivity contribution in [3.8, 4) is 5.75 Å². The molecule has 11 heteroatoms. The van der Waals surface area contributed by atoms with Crippen LogP contribution in [0.4, 0.5) is 18.9 Å². The van der Waals surface area contributed by atoms with Gasteiger partial charge in [-0.05, 0) is 18.2 Å². The predicted molar refractivity (Wildman–Crippen MR) is 95.2 cm³/mol. The first-order valence-corrected chi connectivity index (χ1v) is 8.12. The van der Waals surface area contributed by atoms with Gasteiger partial charge in [-0.1, -0.05) is 12.1 Å². The Morgan fingerprint density at radius 1 is 1.24 bits per heavy atom. The molecule has 2 rings (SSSR count). The van der Waals surface area contributed by atoms with Gasteiger partial charge in [0.1, 0.15) is 11.8 Å². The number of amides is 2. The molecular formula is C18H16F3N3O5. The number of nitro groups is 1. The van der Waals surface area contributed by atoms with E-state index in [2.05, 4.69) is 5.32 Å². The van der Waals surface area contributed by atoms with Crippen molar-refractivity contribution in [2.45, 2.75) is 18.6 Å². The van der Waals surface area contributed by atoms with Crippen LogP contribution in [0.1, 0.15) is 21.5 Å². The van der Waals surface area contributed by atoms with Crippen molar-refractivity contribution in [3.63, 3.8) is 0 Å². The molecule has 0 aliphatic heterocycles. The van der Waals surface area contributed by atoms with E-state index in [-0.39, 0.29) is 23.4 Å². The van der Waals surface area contributed by atoms with Crippen molar-refractivity contribution < 1.29 is 32.4 Å². The number of nitrogens with one attached hydrogen (secondary N) is 1. The summed E-state index contributed by atoms with van der Waals surface area (Å²) >= 11 is 0. The van der Waals surface area contributed by atoms with Crippen molar-refractivity contribution in [1.82, 2.24) is 5.32 Å². The number of ether oxygens (including phenoxy) is 1. The Bertz CT molecular complexity index is 947. The smallest absolute Gasteiger partial charge is 0.417 e. The number of alkyl halides is 3. The molecule has 0 fully saturated rings. The highest BCUT2D eigenvalue weighted by atomic mass is 19.4. The van der Waals surface area contributed by atoms with Crippen LogP contribution in [0.3, 0.4) is 0 Å². The SMILES string of the molecule is COc1ccc([N+](=O)[O-])cc1C[C@H](NC(=O)c1ccccc1C(F)(F)F)C(N)=O. The number of nitrogens with two attached hydrogens (primary N) is 1. The molecule has 0 spiro atoms. The molecule has 2 amide bonds. The number of hydrogen-bond acceptors (Lipinski definition) is 5. The topological polar surface area (TPSA) is 125 Å². The highest BCUT2D eigenvalue weighted by Gasteiger charge is 2.35. The number of non-ortho nitro benzene ring substituents is 1. The van der Waals surface area contributed by atoms with Gasteiger partial charge in [0.15, 0.2) is 0 Å². The minimum atomic E-state index is -4.78. The van der Waals surface area contributed by atoms with Crippen LogP contribution in [0.15, 0.2) is 42.5 Å². The van der Waals surface area contributed by atoms with Crippen LogP contribution in [0.5, 0.6) is 5.75 Å². The summed E-state index contributed by atoms with van der Waals surface area (Å²) in [5.74, 6) is -2.01. The third-order valence-corrected chi connectivity index (χ3v) is 4.02. The van der Waals surface area contributed by atoms with E-state index in [9.17, 15) is 32.9 Å². The lowest BCUT2D eigenvalue weighted by Crippen LogP contribution is -2.46. The van der Waals surface area contributed by atoms with Crippen molar-refractivity contribution in [1.29, 1.82) is 0 Å². The molecule has 0 aromatic heterocycles. The van der Waals surface area contributed by atoms with Crippen LogP contribution < -0.4 is 15.8 Å². The van der Waals surface area contributed by atoms with Crippen molar-refractivity contribution in [2.24, 2.45) is 5.73 Å². The van der Waals surface area contributed by atoms with E-state index in [4.69, 9.17) is 10.5 Å². The second kappa shape index (κ2) is 8.59. The highest BCUT2D eigenvalue weighted by molar-refractivity contribution is 5.98. The number of carbonyl (C=O) groups excluding carboxylic acids is 2. The molecule has 0 heterocycles. The van der Waals surface area contributed by atoms with Gasteiger partial charge in [0, 0.05) is 24.1 Å². The second-order valence-electron chi connectivity index (χ2n) is 5.93. The summed E-state index contributed by atoms with van der Waals surface area (Å²) in [7, 11) is 1.29. The average molecular weight is 411 g/mol. The Kier molecular flexibility index (Phi) is 6.42. The zero-order valence-corrected chi connectivity index (χ0v) is 15.0. The van der Waals surface area contributed by atoms with Gasteiger partial charge in [0.25, 0.3) is 11.6 Å². The Morgan fingerprint density at radius 2 is 1.90 bits per heavy atom. The number of rotatable bonds is 7. The number of nitro benzene ring substituents is 1. The largest absolute Gasteiger partial charge is 0.496 e. The van der Waals surface area contributed by atoms with Gasteiger partial charge in [0.2, 0.25) is 5.91 Å². The van der Waals surface area contributed by atoms with Gasteiger partial charge < -0.3 is 15.8 Å². The molecule has 2 aromatic carbocycles. The number of halogens is 3. The number of methoxy groups -OCH3 is 1. The van der Waals surface area contributed by atoms with Crippen LogP contribution in [0.25, 0.3) is 0 Å². The molecule has 0 unspecified atom stereocenters. The maximum absolute atomic E-state index is 13.1. The van der Waals surface area contributed by atoms with E-state index in [0.717, 1.165) is 24.3 Å². The zero-order chi connectivity index (χ0) is 21.8. The van der Waals surface area contributed by atoms with Gasteiger partial charge in [-0.3, -0.25) is 19.7 Å². The van der Waals surface area contributed by atoms with E-state index in [1.807, 2.05) is 0 Å². The summed E-state index contributed by atoms with van der Waals surface area (Å²) in [5, 5.41) is 13.1. The van der Waals surface area contributed by atoms with Gasteiger partial charge in [-0.25, -0.2) is 0 Å². The minimum Gasteiger partial charge on any atom is -0.496 e. The number of hydrogen-bond donors (Lipinski definition) is 2. The molecule has 154 valence electrons. The lowest BCUT2D eigenvalue weighted by Gasteiger charge is -2.19. The van der Waals surface area contributed by atoms with E-state index in [1.54, 1.807) is 0 Å². The molecule has 8 nitrogen and oxygen atoms in total. The van der Waals surface area contributed by atoms with E-state index in [1.165, 1.54) is 25.3 Å². The number of primary amides is 1. The number of carbonyl (C=O) groups is 2.